The van der Waals surface area contributed by atoms with E-state index in [0.717, 1.165) is 12.1 Å². The van der Waals surface area contributed by atoms with Crippen molar-refractivity contribution in [2.24, 2.45) is 0 Å². The average molecular weight is 415 g/mol. The molecule has 3 rings (SSSR count). The van der Waals surface area contributed by atoms with E-state index in [2.05, 4.69) is 0 Å². The first-order valence-electron chi connectivity index (χ1n) is 7.59. The van der Waals surface area contributed by atoms with Gasteiger partial charge in [-0.05, 0) is 36.4 Å². The van der Waals surface area contributed by atoms with Crippen molar-refractivity contribution < 1.29 is 42.4 Å². The van der Waals surface area contributed by atoms with E-state index in [0.29, 0.717) is 0 Å². The van der Waals surface area contributed by atoms with Gasteiger partial charge in [0.15, 0.2) is 0 Å². The standard InChI is InChI=1S/C18H10ClF3O6/c19-12-6-9-5-11(17(25)26)15(18(20,21)22)28-13(9)7-14(12)27-10-3-1-8(2-4-10)16(23)24/h1-7,15H,(H,23,24)(H,25,26)/t15-/m0/s1. The summed E-state index contributed by atoms with van der Waals surface area (Å²) >= 11 is 6.07. The van der Waals surface area contributed by atoms with Crippen LogP contribution in [0.1, 0.15) is 15.9 Å². The highest BCUT2D eigenvalue weighted by atomic mass is 35.5. The molecule has 2 aromatic carbocycles. The fourth-order valence-corrected chi connectivity index (χ4v) is 2.70. The van der Waals surface area contributed by atoms with Crippen molar-refractivity contribution in [3.05, 3.63) is 58.1 Å². The van der Waals surface area contributed by atoms with Gasteiger partial charge in [-0.25, -0.2) is 9.59 Å². The molecule has 6 nitrogen and oxygen atoms in total. The molecule has 2 aromatic rings. The highest BCUT2D eigenvalue weighted by Gasteiger charge is 2.48. The lowest BCUT2D eigenvalue weighted by atomic mass is 10.0. The summed E-state index contributed by atoms with van der Waals surface area (Å²) in [5, 5.41) is 17.9. The minimum absolute atomic E-state index is 0.00360. The van der Waals surface area contributed by atoms with E-state index >= 15 is 0 Å². The molecule has 28 heavy (non-hydrogen) atoms. The van der Waals surface area contributed by atoms with Gasteiger partial charge >= 0.3 is 18.1 Å². The van der Waals surface area contributed by atoms with Gasteiger partial charge in [0.05, 0.1) is 16.2 Å². The molecule has 2 N–H and O–H groups in total. The number of hydrogen-bond donors (Lipinski definition) is 2. The summed E-state index contributed by atoms with van der Waals surface area (Å²) in [7, 11) is 0. The van der Waals surface area contributed by atoms with Crippen molar-refractivity contribution in [3.8, 4) is 17.2 Å². The molecule has 1 heterocycles. The highest BCUT2D eigenvalue weighted by molar-refractivity contribution is 6.32. The Morgan fingerprint density at radius 3 is 2.25 bits per heavy atom. The topological polar surface area (TPSA) is 93.1 Å². The molecular weight excluding hydrogens is 405 g/mol. The monoisotopic (exact) mass is 414 g/mol. The normalized spacial score (nSPS) is 15.9. The Bertz CT molecular complexity index is 982. The number of carboxylic acid groups (broad SMARTS) is 2. The largest absolute Gasteiger partial charge is 0.478 e. The quantitative estimate of drug-likeness (QED) is 0.758. The molecule has 1 atom stereocenters. The van der Waals surface area contributed by atoms with Gasteiger partial charge in [-0.3, -0.25) is 0 Å². The second-order valence-corrected chi connectivity index (χ2v) is 6.10. The van der Waals surface area contributed by atoms with Crippen LogP contribution in [0.4, 0.5) is 13.2 Å². The van der Waals surface area contributed by atoms with E-state index in [1.54, 1.807) is 0 Å². The van der Waals surface area contributed by atoms with Gasteiger partial charge in [-0.2, -0.15) is 13.2 Å². The zero-order chi connectivity index (χ0) is 20.6. The predicted octanol–water partition coefficient (Wildman–Crippen LogP) is 4.62. The average Bonchev–Trinajstić information content (AvgIpc) is 2.61. The van der Waals surface area contributed by atoms with Gasteiger partial charge < -0.3 is 19.7 Å². The summed E-state index contributed by atoms with van der Waals surface area (Å²) < 4.78 is 49.8. The number of carbonyl (C=O) groups is 2. The Labute approximate surface area is 160 Å². The molecular formula is C18H10ClF3O6. The Hall–Kier alpha value is -3.20. The SMILES string of the molecule is O=C(O)C1=Cc2cc(Cl)c(Oc3ccc(C(=O)O)cc3)cc2O[C@@H]1C(F)(F)F. The van der Waals surface area contributed by atoms with Crippen LogP contribution in [0.5, 0.6) is 17.2 Å². The van der Waals surface area contributed by atoms with E-state index in [-0.39, 0.29) is 33.4 Å². The van der Waals surface area contributed by atoms with Gasteiger partial charge in [0.2, 0.25) is 6.10 Å². The maximum Gasteiger partial charge on any atom is 0.430 e. The minimum atomic E-state index is -4.94. The van der Waals surface area contributed by atoms with Crippen LogP contribution in [0.3, 0.4) is 0 Å². The van der Waals surface area contributed by atoms with E-state index in [9.17, 15) is 22.8 Å². The molecule has 0 saturated carbocycles. The first-order chi connectivity index (χ1) is 13.1. The molecule has 1 aliphatic rings. The van der Waals surface area contributed by atoms with Crippen LogP contribution in [0.2, 0.25) is 5.02 Å². The van der Waals surface area contributed by atoms with Gasteiger partial charge in [0.1, 0.15) is 17.2 Å². The number of aromatic carboxylic acids is 1. The van der Waals surface area contributed by atoms with Gasteiger partial charge in [0.25, 0.3) is 0 Å². The number of aliphatic carboxylic acids is 1. The third-order valence-corrected chi connectivity index (χ3v) is 4.07. The molecule has 1 aliphatic heterocycles. The van der Waals surface area contributed by atoms with E-state index in [1.807, 2.05) is 0 Å². The number of alkyl halides is 3. The smallest absolute Gasteiger partial charge is 0.430 e. The summed E-state index contributed by atoms with van der Waals surface area (Å²) in [6.45, 7) is 0. The summed E-state index contributed by atoms with van der Waals surface area (Å²) in [6, 6.07) is 7.58. The lowest BCUT2D eigenvalue weighted by Gasteiger charge is -2.27. The molecule has 0 aromatic heterocycles. The Morgan fingerprint density at radius 2 is 1.71 bits per heavy atom. The number of fused-ring (bicyclic) bond motifs is 1. The first-order valence-corrected chi connectivity index (χ1v) is 7.97. The van der Waals surface area contributed by atoms with Crippen LogP contribution in [-0.2, 0) is 4.79 Å². The third kappa shape index (κ3) is 3.89. The molecule has 0 radical (unpaired) electrons. The van der Waals surface area contributed by atoms with E-state index < -0.39 is 29.8 Å². The van der Waals surface area contributed by atoms with Gasteiger partial charge in [-0.15, -0.1) is 0 Å². The molecule has 10 heteroatoms. The predicted molar refractivity (Wildman–Crippen MR) is 91.0 cm³/mol. The van der Waals surface area contributed by atoms with E-state index in [1.165, 1.54) is 30.3 Å². The Kier molecular flexibility index (Phi) is 4.95. The molecule has 0 aliphatic carbocycles. The molecule has 0 saturated heterocycles. The lowest BCUT2D eigenvalue weighted by Crippen LogP contribution is -2.40. The summed E-state index contributed by atoms with van der Waals surface area (Å²) in [5.41, 5.74) is -0.892. The first kappa shape index (κ1) is 19.6. The third-order valence-electron chi connectivity index (χ3n) is 3.78. The molecule has 146 valence electrons. The van der Waals surface area contributed by atoms with Crippen molar-refractivity contribution >= 4 is 29.6 Å². The molecule has 0 spiro atoms. The van der Waals surface area contributed by atoms with Crippen molar-refractivity contribution in [2.75, 3.05) is 0 Å². The minimum Gasteiger partial charge on any atom is -0.478 e. The Balaban J connectivity index is 1.96. The number of carboxylic acids is 2. The summed E-state index contributed by atoms with van der Waals surface area (Å²) in [5.74, 6) is -3.00. The van der Waals surface area contributed by atoms with Crippen LogP contribution < -0.4 is 9.47 Å². The number of halogens is 4. The van der Waals surface area contributed by atoms with Crippen molar-refractivity contribution in [1.29, 1.82) is 0 Å². The number of rotatable bonds is 4. The maximum absolute atomic E-state index is 13.1. The fraction of sp³-hybridized carbons (Fsp3) is 0.111. The summed E-state index contributed by atoms with van der Waals surface area (Å²) in [4.78, 5) is 22.0. The molecule has 0 bridgehead atoms. The van der Waals surface area contributed by atoms with Crippen molar-refractivity contribution in [2.45, 2.75) is 12.3 Å². The zero-order valence-corrected chi connectivity index (χ0v) is 14.4. The lowest BCUT2D eigenvalue weighted by molar-refractivity contribution is -0.187. The van der Waals surface area contributed by atoms with E-state index in [4.69, 9.17) is 31.3 Å². The highest BCUT2D eigenvalue weighted by Crippen LogP contribution is 2.42. The second kappa shape index (κ2) is 7.08. The number of hydrogen-bond acceptors (Lipinski definition) is 4. The molecule has 0 unspecified atom stereocenters. The Morgan fingerprint density at radius 1 is 1.07 bits per heavy atom. The molecule has 0 amide bonds. The van der Waals surface area contributed by atoms with Gasteiger partial charge in [0, 0.05) is 11.6 Å². The van der Waals surface area contributed by atoms with Crippen LogP contribution in [-0.4, -0.2) is 34.4 Å². The summed E-state index contributed by atoms with van der Waals surface area (Å²) in [6.07, 6.45) is -6.73. The van der Waals surface area contributed by atoms with Crippen LogP contribution >= 0.6 is 11.6 Å². The van der Waals surface area contributed by atoms with Crippen molar-refractivity contribution in [3.63, 3.8) is 0 Å². The number of benzene rings is 2. The van der Waals surface area contributed by atoms with Gasteiger partial charge in [-0.1, -0.05) is 11.6 Å². The van der Waals surface area contributed by atoms with Crippen molar-refractivity contribution in [1.82, 2.24) is 0 Å². The fourth-order valence-electron chi connectivity index (χ4n) is 2.49. The number of ether oxygens (including phenoxy) is 2. The van der Waals surface area contributed by atoms with Crippen LogP contribution in [0.15, 0.2) is 42.0 Å². The van der Waals surface area contributed by atoms with Crippen LogP contribution in [0, 0.1) is 0 Å². The second-order valence-electron chi connectivity index (χ2n) is 5.70. The zero-order valence-electron chi connectivity index (χ0n) is 13.7. The maximum atomic E-state index is 13.1. The molecule has 0 fully saturated rings. The van der Waals surface area contributed by atoms with Crippen LogP contribution in [0.25, 0.3) is 6.08 Å².